The van der Waals surface area contributed by atoms with Crippen molar-refractivity contribution in [2.24, 2.45) is 5.73 Å². The molecule has 3 N–H and O–H groups in total. The number of nitrogens with two attached hydrogens (primary N) is 1. The average Bonchev–Trinajstić information content (AvgIpc) is 2.16. The van der Waals surface area contributed by atoms with Crippen LogP contribution >= 0.6 is 0 Å². The predicted molar refractivity (Wildman–Crippen MR) is 54.5 cm³/mol. The average molecular weight is 215 g/mol. The van der Waals surface area contributed by atoms with E-state index in [1.807, 2.05) is 13.8 Å². The molecule has 84 valence electrons. The zero-order valence-corrected chi connectivity index (χ0v) is 8.80. The van der Waals surface area contributed by atoms with Crippen molar-refractivity contribution in [1.82, 2.24) is 0 Å². The summed E-state index contributed by atoms with van der Waals surface area (Å²) < 4.78 is 27.1. The molecule has 1 rings (SSSR count). The number of aliphatic hydroxyl groups is 1. The molecule has 1 aromatic rings. The zero-order chi connectivity index (χ0) is 11.6. The van der Waals surface area contributed by atoms with Gasteiger partial charge in [0, 0.05) is 5.56 Å². The van der Waals surface area contributed by atoms with Gasteiger partial charge < -0.3 is 10.8 Å². The molecule has 0 saturated heterocycles. The molecule has 1 aromatic carbocycles. The van der Waals surface area contributed by atoms with Gasteiger partial charge in [-0.15, -0.1) is 0 Å². The monoisotopic (exact) mass is 215 g/mol. The molecule has 0 aliphatic carbocycles. The molecule has 0 aliphatic rings. The summed E-state index contributed by atoms with van der Waals surface area (Å²) in [5, 5.41) is 8.81. The van der Waals surface area contributed by atoms with Crippen LogP contribution in [0.4, 0.5) is 8.78 Å². The topological polar surface area (TPSA) is 46.2 Å². The maximum absolute atomic E-state index is 13.8. The van der Waals surface area contributed by atoms with Crippen molar-refractivity contribution < 1.29 is 13.9 Å². The van der Waals surface area contributed by atoms with E-state index in [-0.39, 0.29) is 11.5 Å². The fourth-order valence-electron chi connectivity index (χ4n) is 1.46. The van der Waals surface area contributed by atoms with Gasteiger partial charge in [0.15, 0.2) is 0 Å². The van der Waals surface area contributed by atoms with E-state index in [0.29, 0.717) is 5.56 Å². The molecule has 0 bridgehead atoms. The molecule has 2 nitrogen and oxygen atoms in total. The quantitative estimate of drug-likeness (QED) is 0.810. The Balaban J connectivity index is 3.30. The van der Waals surface area contributed by atoms with Gasteiger partial charge in [0.25, 0.3) is 0 Å². The molecular weight excluding hydrogens is 200 g/mol. The van der Waals surface area contributed by atoms with Gasteiger partial charge in [-0.05, 0) is 17.5 Å². The SMILES string of the molecule is CC(C)c1ccc(F)c(C(N)CO)c1F. The Morgan fingerprint density at radius 2 is 1.93 bits per heavy atom. The highest BCUT2D eigenvalue weighted by Crippen LogP contribution is 2.26. The van der Waals surface area contributed by atoms with E-state index < -0.39 is 24.3 Å². The van der Waals surface area contributed by atoms with Gasteiger partial charge in [-0.2, -0.15) is 0 Å². The van der Waals surface area contributed by atoms with Crippen molar-refractivity contribution in [3.8, 4) is 0 Å². The first-order valence-corrected chi connectivity index (χ1v) is 4.83. The highest BCUT2D eigenvalue weighted by molar-refractivity contribution is 5.31. The Bertz CT molecular complexity index is 353. The molecule has 0 heterocycles. The summed E-state index contributed by atoms with van der Waals surface area (Å²) in [6.07, 6.45) is 0. The van der Waals surface area contributed by atoms with Crippen LogP contribution < -0.4 is 5.73 Å². The van der Waals surface area contributed by atoms with E-state index >= 15 is 0 Å². The molecule has 1 atom stereocenters. The number of hydrogen-bond acceptors (Lipinski definition) is 2. The molecule has 4 heteroatoms. The van der Waals surface area contributed by atoms with Crippen LogP contribution in [-0.2, 0) is 0 Å². The van der Waals surface area contributed by atoms with E-state index in [1.165, 1.54) is 12.1 Å². The van der Waals surface area contributed by atoms with Gasteiger partial charge in [-0.25, -0.2) is 8.78 Å². The molecule has 0 aromatic heterocycles. The molecule has 1 unspecified atom stereocenters. The summed E-state index contributed by atoms with van der Waals surface area (Å²) >= 11 is 0. The van der Waals surface area contributed by atoms with Gasteiger partial charge in [-0.1, -0.05) is 19.9 Å². The highest BCUT2D eigenvalue weighted by atomic mass is 19.1. The van der Waals surface area contributed by atoms with Crippen LogP contribution in [0.5, 0.6) is 0 Å². The number of aliphatic hydroxyl groups excluding tert-OH is 1. The van der Waals surface area contributed by atoms with Crippen molar-refractivity contribution in [3.05, 3.63) is 34.9 Å². The number of rotatable bonds is 3. The van der Waals surface area contributed by atoms with E-state index in [9.17, 15) is 8.78 Å². The second-order valence-electron chi connectivity index (χ2n) is 3.81. The molecule has 0 radical (unpaired) electrons. The molecule has 0 saturated carbocycles. The van der Waals surface area contributed by atoms with Gasteiger partial charge >= 0.3 is 0 Å². The highest BCUT2D eigenvalue weighted by Gasteiger charge is 2.20. The van der Waals surface area contributed by atoms with Crippen molar-refractivity contribution in [1.29, 1.82) is 0 Å². The van der Waals surface area contributed by atoms with Crippen LogP contribution in [-0.4, -0.2) is 11.7 Å². The summed E-state index contributed by atoms with van der Waals surface area (Å²) in [4.78, 5) is 0. The Morgan fingerprint density at radius 3 is 2.40 bits per heavy atom. The van der Waals surface area contributed by atoms with Crippen molar-refractivity contribution in [2.75, 3.05) is 6.61 Å². The summed E-state index contributed by atoms with van der Waals surface area (Å²) in [5.74, 6) is -1.40. The van der Waals surface area contributed by atoms with Crippen LogP contribution in [0.2, 0.25) is 0 Å². The first-order valence-electron chi connectivity index (χ1n) is 4.83. The molecule has 0 spiro atoms. The Kier molecular flexibility index (Phi) is 3.77. The first-order chi connectivity index (χ1) is 6.99. The second-order valence-corrected chi connectivity index (χ2v) is 3.81. The van der Waals surface area contributed by atoms with Crippen molar-refractivity contribution in [2.45, 2.75) is 25.8 Å². The minimum absolute atomic E-state index is 0.0461. The summed E-state index contributed by atoms with van der Waals surface area (Å²) in [7, 11) is 0. The van der Waals surface area contributed by atoms with Crippen molar-refractivity contribution >= 4 is 0 Å². The fourth-order valence-corrected chi connectivity index (χ4v) is 1.46. The van der Waals surface area contributed by atoms with E-state index in [0.717, 1.165) is 0 Å². The Morgan fingerprint density at radius 1 is 1.33 bits per heavy atom. The van der Waals surface area contributed by atoms with Gasteiger partial charge in [0.1, 0.15) is 11.6 Å². The third kappa shape index (κ3) is 2.33. The van der Waals surface area contributed by atoms with Gasteiger partial charge in [0.2, 0.25) is 0 Å². The second kappa shape index (κ2) is 4.68. The van der Waals surface area contributed by atoms with Crippen LogP contribution in [0.15, 0.2) is 12.1 Å². The lowest BCUT2D eigenvalue weighted by Crippen LogP contribution is -2.19. The largest absolute Gasteiger partial charge is 0.394 e. The zero-order valence-electron chi connectivity index (χ0n) is 8.80. The van der Waals surface area contributed by atoms with Crippen LogP contribution in [0.1, 0.15) is 36.9 Å². The number of halogens is 2. The molecule has 0 amide bonds. The van der Waals surface area contributed by atoms with Crippen molar-refractivity contribution in [3.63, 3.8) is 0 Å². The number of hydrogen-bond donors (Lipinski definition) is 2. The van der Waals surface area contributed by atoms with E-state index in [1.54, 1.807) is 0 Å². The lowest BCUT2D eigenvalue weighted by atomic mass is 9.96. The summed E-state index contributed by atoms with van der Waals surface area (Å²) in [6.45, 7) is 3.14. The van der Waals surface area contributed by atoms with Gasteiger partial charge in [0.05, 0.1) is 12.6 Å². The molecular formula is C11H15F2NO. The third-order valence-electron chi connectivity index (χ3n) is 2.35. The fraction of sp³-hybridized carbons (Fsp3) is 0.455. The third-order valence-corrected chi connectivity index (χ3v) is 2.35. The molecule has 15 heavy (non-hydrogen) atoms. The minimum Gasteiger partial charge on any atom is -0.394 e. The predicted octanol–water partition coefficient (Wildman–Crippen LogP) is 2.08. The first kappa shape index (κ1) is 12.1. The standard InChI is InChI=1S/C11H15F2NO/c1-6(2)7-3-4-8(12)10(11(7)13)9(14)5-15/h3-4,6,9,15H,5,14H2,1-2H3. The summed E-state index contributed by atoms with van der Waals surface area (Å²) in [6, 6.07) is 1.58. The molecule has 0 fully saturated rings. The maximum atomic E-state index is 13.8. The van der Waals surface area contributed by atoms with Crippen LogP contribution in [0.3, 0.4) is 0 Å². The summed E-state index contributed by atoms with van der Waals surface area (Å²) in [5.41, 5.74) is 5.61. The minimum atomic E-state index is -1.01. The lowest BCUT2D eigenvalue weighted by Gasteiger charge is -2.15. The molecule has 0 aliphatic heterocycles. The van der Waals surface area contributed by atoms with E-state index in [4.69, 9.17) is 10.8 Å². The van der Waals surface area contributed by atoms with Crippen LogP contribution in [0, 0.1) is 11.6 Å². The van der Waals surface area contributed by atoms with Gasteiger partial charge in [-0.3, -0.25) is 0 Å². The van der Waals surface area contributed by atoms with E-state index in [2.05, 4.69) is 0 Å². The Labute approximate surface area is 87.7 Å². The maximum Gasteiger partial charge on any atom is 0.134 e. The number of benzene rings is 1. The van der Waals surface area contributed by atoms with Crippen LogP contribution in [0.25, 0.3) is 0 Å². The lowest BCUT2D eigenvalue weighted by molar-refractivity contribution is 0.262. The Hall–Kier alpha value is -1.00. The smallest absolute Gasteiger partial charge is 0.134 e. The normalized spacial score (nSPS) is 13.3.